The number of nitrogens with zero attached hydrogens (tertiary/aromatic N) is 2. The molecule has 0 atom stereocenters. The van der Waals surface area contributed by atoms with Crippen LogP contribution in [0, 0.1) is 5.92 Å². The summed E-state index contributed by atoms with van der Waals surface area (Å²) in [4.78, 5) is 19.3. The molecular formula is C20H21N3O3S. The van der Waals surface area contributed by atoms with Gasteiger partial charge in [-0.1, -0.05) is 35.6 Å². The second-order valence-electron chi connectivity index (χ2n) is 6.44. The van der Waals surface area contributed by atoms with Crippen LogP contribution in [0.3, 0.4) is 0 Å². The minimum atomic E-state index is -0.0198. The number of ether oxygens (including phenoxy) is 2. The zero-order chi connectivity index (χ0) is 18.8. The molecule has 1 amide bonds. The standard InChI is InChI=1S/C20H21N3O3S/c1-25-15-7-4-3-6-13(15)10-21-19(24)14-11-23(12-14)20-22-18-16(26-2)8-5-9-17(18)27-20/h3-9,14H,10-12H2,1-2H3,(H,21,24). The molecule has 7 heteroatoms. The number of anilines is 1. The van der Waals surface area contributed by atoms with E-state index in [0.717, 1.165) is 32.4 Å². The predicted octanol–water partition coefficient (Wildman–Crippen LogP) is 3.07. The van der Waals surface area contributed by atoms with Gasteiger partial charge in [0.1, 0.15) is 17.0 Å². The normalized spacial score (nSPS) is 14.1. The molecule has 1 aliphatic rings. The third kappa shape index (κ3) is 3.42. The molecule has 0 radical (unpaired) electrons. The van der Waals surface area contributed by atoms with Crippen LogP contribution in [0.15, 0.2) is 42.5 Å². The second kappa shape index (κ2) is 7.44. The molecule has 1 fully saturated rings. The maximum atomic E-state index is 12.4. The summed E-state index contributed by atoms with van der Waals surface area (Å²) in [5, 5.41) is 3.94. The van der Waals surface area contributed by atoms with Crippen LogP contribution in [0.25, 0.3) is 10.2 Å². The zero-order valence-electron chi connectivity index (χ0n) is 15.3. The van der Waals surface area contributed by atoms with Gasteiger partial charge in [-0.2, -0.15) is 0 Å². The SMILES string of the molecule is COc1ccccc1CNC(=O)C1CN(c2nc3c(OC)cccc3s2)C1. The van der Waals surface area contributed by atoms with Crippen molar-refractivity contribution < 1.29 is 14.3 Å². The largest absolute Gasteiger partial charge is 0.496 e. The Morgan fingerprint density at radius 3 is 2.67 bits per heavy atom. The van der Waals surface area contributed by atoms with Gasteiger partial charge in [-0.25, -0.2) is 4.98 Å². The topological polar surface area (TPSA) is 63.7 Å². The summed E-state index contributed by atoms with van der Waals surface area (Å²) in [6.45, 7) is 1.83. The van der Waals surface area contributed by atoms with Gasteiger partial charge in [0, 0.05) is 25.2 Å². The van der Waals surface area contributed by atoms with Crippen molar-refractivity contribution in [3.8, 4) is 11.5 Å². The molecule has 2 heterocycles. The van der Waals surface area contributed by atoms with Gasteiger partial charge in [0.2, 0.25) is 5.91 Å². The van der Waals surface area contributed by atoms with Crippen molar-refractivity contribution in [2.45, 2.75) is 6.54 Å². The number of thiazole rings is 1. The molecule has 1 saturated heterocycles. The Morgan fingerprint density at radius 2 is 1.89 bits per heavy atom. The molecule has 0 spiro atoms. The number of hydrogen-bond acceptors (Lipinski definition) is 6. The van der Waals surface area contributed by atoms with Crippen LogP contribution in [0.4, 0.5) is 5.13 Å². The molecule has 1 aliphatic heterocycles. The van der Waals surface area contributed by atoms with E-state index < -0.39 is 0 Å². The molecule has 4 rings (SSSR count). The van der Waals surface area contributed by atoms with Crippen molar-refractivity contribution in [1.82, 2.24) is 10.3 Å². The number of methoxy groups -OCH3 is 2. The van der Waals surface area contributed by atoms with E-state index >= 15 is 0 Å². The smallest absolute Gasteiger partial charge is 0.226 e. The predicted molar refractivity (Wildman–Crippen MR) is 107 cm³/mol. The van der Waals surface area contributed by atoms with Crippen LogP contribution < -0.4 is 19.7 Å². The summed E-state index contributed by atoms with van der Waals surface area (Å²) in [7, 11) is 3.29. The lowest BCUT2D eigenvalue weighted by molar-refractivity contribution is -0.125. The lowest BCUT2D eigenvalue weighted by Crippen LogP contribution is -2.53. The summed E-state index contributed by atoms with van der Waals surface area (Å²) >= 11 is 1.63. The van der Waals surface area contributed by atoms with E-state index in [1.165, 1.54) is 0 Å². The number of nitrogens with one attached hydrogen (secondary N) is 1. The van der Waals surface area contributed by atoms with Crippen molar-refractivity contribution in [3.63, 3.8) is 0 Å². The number of fused-ring (bicyclic) bond motifs is 1. The third-order valence-corrected chi connectivity index (χ3v) is 5.84. The monoisotopic (exact) mass is 383 g/mol. The second-order valence-corrected chi connectivity index (χ2v) is 7.44. The number of amides is 1. The minimum absolute atomic E-state index is 0.0198. The Morgan fingerprint density at radius 1 is 1.15 bits per heavy atom. The van der Waals surface area contributed by atoms with E-state index in [1.54, 1.807) is 25.6 Å². The molecule has 1 N–H and O–H groups in total. The molecule has 140 valence electrons. The first-order chi connectivity index (χ1) is 13.2. The minimum Gasteiger partial charge on any atom is -0.496 e. The number of para-hydroxylation sites is 2. The van der Waals surface area contributed by atoms with Crippen molar-refractivity contribution in [2.24, 2.45) is 5.92 Å². The lowest BCUT2D eigenvalue weighted by Gasteiger charge is -2.38. The van der Waals surface area contributed by atoms with Crippen molar-refractivity contribution in [1.29, 1.82) is 0 Å². The van der Waals surface area contributed by atoms with Gasteiger partial charge in [-0.15, -0.1) is 0 Å². The van der Waals surface area contributed by atoms with E-state index in [9.17, 15) is 4.79 Å². The fourth-order valence-corrected chi connectivity index (χ4v) is 4.19. The highest BCUT2D eigenvalue weighted by Crippen LogP contribution is 2.36. The number of carbonyl (C=O) groups is 1. The quantitative estimate of drug-likeness (QED) is 0.709. The zero-order valence-corrected chi connectivity index (χ0v) is 16.1. The van der Waals surface area contributed by atoms with E-state index in [0.29, 0.717) is 19.6 Å². The van der Waals surface area contributed by atoms with Crippen LogP contribution in [-0.4, -0.2) is 38.2 Å². The van der Waals surface area contributed by atoms with Gasteiger partial charge in [0.15, 0.2) is 5.13 Å². The Kier molecular flexibility index (Phi) is 4.85. The van der Waals surface area contributed by atoms with Crippen LogP contribution in [0.5, 0.6) is 11.5 Å². The number of hydrogen-bond donors (Lipinski definition) is 1. The Balaban J connectivity index is 1.36. The van der Waals surface area contributed by atoms with Crippen LogP contribution in [-0.2, 0) is 11.3 Å². The van der Waals surface area contributed by atoms with E-state index in [2.05, 4.69) is 15.2 Å². The van der Waals surface area contributed by atoms with E-state index in [4.69, 9.17) is 9.47 Å². The first kappa shape index (κ1) is 17.6. The van der Waals surface area contributed by atoms with Crippen molar-refractivity contribution in [2.75, 3.05) is 32.2 Å². The maximum absolute atomic E-state index is 12.4. The summed E-state index contributed by atoms with van der Waals surface area (Å²) in [6.07, 6.45) is 0. The number of benzene rings is 2. The lowest BCUT2D eigenvalue weighted by atomic mass is 10.00. The van der Waals surface area contributed by atoms with Gasteiger partial charge in [-0.05, 0) is 18.2 Å². The average molecular weight is 383 g/mol. The number of carbonyl (C=O) groups excluding carboxylic acids is 1. The molecule has 3 aromatic rings. The summed E-state index contributed by atoms with van der Waals surface area (Å²) < 4.78 is 11.8. The first-order valence-electron chi connectivity index (χ1n) is 8.77. The van der Waals surface area contributed by atoms with Gasteiger partial charge in [-0.3, -0.25) is 4.79 Å². The molecule has 0 bridgehead atoms. The maximum Gasteiger partial charge on any atom is 0.226 e. The van der Waals surface area contributed by atoms with Crippen LogP contribution >= 0.6 is 11.3 Å². The van der Waals surface area contributed by atoms with E-state index in [-0.39, 0.29) is 11.8 Å². The highest BCUT2D eigenvalue weighted by atomic mass is 32.1. The Bertz CT molecular complexity index is 966. The molecule has 0 aliphatic carbocycles. The summed E-state index contributed by atoms with van der Waals surface area (Å²) in [5.74, 6) is 1.61. The van der Waals surface area contributed by atoms with E-state index in [1.807, 2.05) is 42.5 Å². The van der Waals surface area contributed by atoms with Gasteiger partial charge >= 0.3 is 0 Å². The van der Waals surface area contributed by atoms with Crippen LogP contribution in [0.1, 0.15) is 5.56 Å². The van der Waals surface area contributed by atoms with Crippen LogP contribution in [0.2, 0.25) is 0 Å². The summed E-state index contributed by atoms with van der Waals surface area (Å²) in [6, 6.07) is 13.6. The van der Waals surface area contributed by atoms with Crippen molar-refractivity contribution >= 4 is 32.6 Å². The fraction of sp³-hybridized carbons (Fsp3) is 0.300. The molecule has 27 heavy (non-hydrogen) atoms. The fourth-order valence-electron chi connectivity index (χ4n) is 3.19. The molecule has 6 nitrogen and oxygen atoms in total. The molecule has 0 saturated carbocycles. The first-order valence-corrected chi connectivity index (χ1v) is 9.59. The highest BCUT2D eigenvalue weighted by Gasteiger charge is 2.34. The van der Waals surface area contributed by atoms with Gasteiger partial charge in [0.25, 0.3) is 0 Å². The number of rotatable bonds is 6. The molecular weight excluding hydrogens is 362 g/mol. The third-order valence-electron chi connectivity index (χ3n) is 4.76. The van der Waals surface area contributed by atoms with Gasteiger partial charge < -0.3 is 19.7 Å². The average Bonchev–Trinajstić information content (AvgIpc) is 3.08. The summed E-state index contributed by atoms with van der Waals surface area (Å²) in [5.41, 5.74) is 1.85. The molecule has 0 unspecified atom stereocenters. The Labute approximate surface area is 161 Å². The highest BCUT2D eigenvalue weighted by molar-refractivity contribution is 7.22. The molecule has 2 aromatic carbocycles. The Hall–Kier alpha value is -2.80. The molecule has 1 aromatic heterocycles. The van der Waals surface area contributed by atoms with Gasteiger partial charge in [0.05, 0.1) is 24.8 Å². The van der Waals surface area contributed by atoms with Crippen molar-refractivity contribution in [3.05, 3.63) is 48.0 Å². The number of aromatic nitrogens is 1.